The summed E-state index contributed by atoms with van der Waals surface area (Å²) >= 11 is 1.58. The van der Waals surface area contributed by atoms with Crippen molar-refractivity contribution < 1.29 is 4.79 Å². The van der Waals surface area contributed by atoms with E-state index in [-0.39, 0.29) is 5.91 Å². The lowest BCUT2D eigenvalue weighted by atomic mass is 10.2. The van der Waals surface area contributed by atoms with Crippen LogP contribution in [-0.4, -0.2) is 12.5 Å². The van der Waals surface area contributed by atoms with Crippen LogP contribution in [0.1, 0.15) is 41.4 Å². The third-order valence-corrected chi connectivity index (χ3v) is 3.13. The lowest BCUT2D eigenvalue weighted by molar-refractivity contribution is 0.100. The maximum atomic E-state index is 10.8. The van der Waals surface area contributed by atoms with Crippen molar-refractivity contribution in [2.45, 2.75) is 32.7 Å². The molecular weight excluding hydrogens is 208 g/mol. The number of unbranched alkanes of at least 4 members (excludes halogenated alkanes) is 2. The molecule has 0 aromatic carbocycles. The molecule has 1 heterocycles. The van der Waals surface area contributed by atoms with E-state index in [1.807, 2.05) is 11.4 Å². The van der Waals surface area contributed by atoms with Crippen LogP contribution >= 0.6 is 11.3 Å². The molecule has 0 radical (unpaired) electrons. The highest BCUT2D eigenvalue weighted by Crippen LogP contribution is 2.13. The normalized spacial score (nSPS) is 10.5. The standard InChI is InChI=1S/C11H18N2OS/c1-2-3-4-5-13-7-10-6-9(8-15-10)11(12)14/h6,8,13H,2-5,7H2,1H3,(H2,12,14). The summed E-state index contributed by atoms with van der Waals surface area (Å²) in [5, 5.41) is 5.16. The van der Waals surface area contributed by atoms with Crippen LogP contribution in [0.2, 0.25) is 0 Å². The van der Waals surface area contributed by atoms with Gasteiger partial charge in [-0.05, 0) is 19.0 Å². The van der Waals surface area contributed by atoms with Gasteiger partial charge in [-0.2, -0.15) is 0 Å². The van der Waals surface area contributed by atoms with Crippen LogP contribution in [0.25, 0.3) is 0 Å². The van der Waals surface area contributed by atoms with Crippen LogP contribution in [0.5, 0.6) is 0 Å². The molecule has 1 rings (SSSR count). The average molecular weight is 226 g/mol. The van der Waals surface area contributed by atoms with Crippen LogP contribution in [0.3, 0.4) is 0 Å². The zero-order valence-electron chi connectivity index (χ0n) is 9.08. The van der Waals surface area contributed by atoms with Crippen molar-refractivity contribution in [2.24, 2.45) is 5.73 Å². The van der Waals surface area contributed by atoms with Crippen molar-refractivity contribution in [3.8, 4) is 0 Å². The summed E-state index contributed by atoms with van der Waals surface area (Å²) in [5.41, 5.74) is 5.78. The predicted molar refractivity (Wildman–Crippen MR) is 64.1 cm³/mol. The second kappa shape index (κ2) is 6.58. The third kappa shape index (κ3) is 4.44. The van der Waals surface area contributed by atoms with Crippen molar-refractivity contribution in [1.29, 1.82) is 0 Å². The van der Waals surface area contributed by atoms with Gasteiger partial charge in [-0.3, -0.25) is 4.79 Å². The lowest BCUT2D eigenvalue weighted by Gasteiger charge is -2.01. The van der Waals surface area contributed by atoms with Crippen LogP contribution in [-0.2, 0) is 6.54 Å². The van der Waals surface area contributed by atoms with E-state index in [1.165, 1.54) is 24.1 Å². The van der Waals surface area contributed by atoms with Crippen LogP contribution in [0.4, 0.5) is 0 Å². The van der Waals surface area contributed by atoms with Crippen molar-refractivity contribution in [3.05, 3.63) is 21.9 Å². The molecule has 0 aliphatic carbocycles. The van der Waals surface area contributed by atoms with Gasteiger partial charge in [-0.1, -0.05) is 19.8 Å². The first-order chi connectivity index (χ1) is 7.24. The Hall–Kier alpha value is -0.870. The van der Waals surface area contributed by atoms with Crippen LogP contribution in [0.15, 0.2) is 11.4 Å². The van der Waals surface area contributed by atoms with E-state index in [0.29, 0.717) is 5.56 Å². The maximum Gasteiger partial charge on any atom is 0.249 e. The molecule has 0 bridgehead atoms. The molecule has 1 amide bonds. The highest BCUT2D eigenvalue weighted by Gasteiger charge is 2.03. The molecule has 0 fully saturated rings. The summed E-state index contributed by atoms with van der Waals surface area (Å²) in [6.07, 6.45) is 3.72. The summed E-state index contributed by atoms with van der Waals surface area (Å²) in [6.45, 7) is 4.07. The molecule has 3 N–H and O–H groups in total. The number of rotatable bonds is 7. The number of hydrogen-bond acceptors (Lipinski definition) is 3. The quantitative estimate of drug-likeness (QED) is 0.700. The Balaban J connectivity index is 2.23. The fraction of sp³-hybridized carbons (Fsp3) is 0.545. The lowest BCUT2D eigenvalue weighted by Crippen LogP contribution is -2.14. The highest BCUT2D eigenvalue weighted by molar-refractivity contribution is 7.10. The molecule has 0 atom stereocenters. The molecule has 15 heavy (non-hydrogen) atoms. The molecule has 0 aliphatic heterocycles. The number of primary amides is 1. The summed E-state index contributed by atoms with van der Waals surface area (Å²) < 4.78 is 0. The summed E-state index contributed by atoms with van der Waals surface area (Å²) in [7, 11) is 0. The zero-order valence-corrected chi connectivity index (χ0v) is 9.90. The van der Waals surface area contributed by atoms with E-state index in [2.05, 4.69) is 12.2 Å². The number of nitrogens with two attached hydrogens (primary N) is 1. The van der Waals surface area contributed by atoms with Gasteiger partial charge in [0.25, 0.3) is 0 Å². The van der Waals surface area contributed by atoms with Gasteiger partial charge in [0.1, 0.15) is 0 Å². The topological polar surface area (TPSA) is 55.1 Å². The fourth-order valence-electron chi connectivity index (χ4n) is 1.31. The van der Waals surface area contributed by atoms with Gasteiger partial charge in [-0.25, -0.2) is 0 Å². The van der Waals surface area contributed by atoms with Gasteiger partial charge in [0.05, 0.1) is 5.56 Å². The minimum atomic E-state index is -0.344. The Morgan fingerprint density at radius 1 is 1.53 bits per heavy atom. The fourth-order valence-corrected chi connectivity index (χ4v) is 2.16. The first kappa shape index (κ1) is 12.2. The molecule has 4 heteroatoms. The van der Waals surface area contributed by atoms with Gasteiger partial charge < -0.3 is 11.1 Å². The second-order valence-corrected chi connectivity index (χ2v) is 4.55. The molecular formula is C11H18N2OS. The van der Waals surface area contributed by atoms with Crippen LogP contribution < -0.4 is 11.1 Å². The molecule has 84 valence electrons. The van der Waals surface area contributed by atoms with Gasteiger partial charge >= 0.3 is 0 Å². The maximum absolute atomic E-state index is 10.8. The monoisotopic (exact) mass is 226 g/mol. The molecule has 3 nitrogen and oxygen atoms in total. The molecule has 0 aliphatic rings. The minimum absolute atomic E-state index is 0.344. The number of carbonyl (C=O) groups is 1. The van der Waals surface area contributed by atoms with E-state index in [1.54, 1.807) is 11.3 Å². The minimum Gasteiger partial charge on any atom is -0.366 e. The van der Waals surface area contributed by atoms with E-state index in [9.17, 15) is 4.79 Å². The molecule has 0 saturated heterocycles. The number of nitrogens with one attached hydrogen (secondary N) is 1. The first-order valence-electron chi connectivity index (χ1n) is 5.32. The summed E-state index contributed by atoms with van der Waals surface area (Å²) in [6, 6.07) is 1.86. The van der Waals surface area contributed by atoms with E-state index < -0.39 is 0 Å². The number of carbonyl (C=O) groups excluding carboxylic acids is 1. The number of hydrogen-bond donors (Lipinski definition) is 2. The Kier molecular flexibility index (Phi) is 5.36. The van der Waals surface area contributed by atoms with Gasteiger partial charge in [0.15, 0.2) is 0 Å². The van der Waals surface area contributed by atoms with Crippen molar-refractivity contribution in [1.82, 2.24) is 5.32 Å². The summed E-state index contributed by atoms with van der Waals surface area (Å²) in [5.74, 6) is -0.344. The highest BCUT2D eigenvalue weighted by atomic mass is 32.1. The molecule has 0 spiro atoms. The molecule has 0 unspecified atom stereocenters. The van der Waals surface area contributed by atoms with Crippen molar-refractivity contribution >= 4 is 17.2 Å². The Labute approximate surface area is 94.7 Å². The first-order valence-corrected chi connectivity index (χ1v) is 6.20. The van der Waals surface area contributed by atoms with Crippen LogP contribution in [0, 0.1) is 0 Å². The Bertz CT molecular complexity index is 309. The SMILES string of the molecule is CCCCCNCc1cc(C(N)=O)cs1. The molecule has 0 saturated carbocycles. The van der Waals surface area contributed by atoms with Gasteiger partial charge in [0.2, 0.25) is 5.91 Å². The van der Waals surface area contributed by atoms with Crippen molar-refractivity contribution in [2.75, 3.05) is 6.54 Å². The smallest absolute Gasteiger partial charge is 0.249 e. The van der Waals surface area contributed by atoms with Crippen molar-refractivity contribution in [3.63, 3.8) is 0 Å². The summed E-state index contributed by atoms with van der Waals surface area (Å²) in [4.78, 5) is 12.0. The van der Waals surface area contributed by atoms with E-state index in [4.69, 9.17) is 5.73 Å². The Morgan fingerprint density at radius 3 is 2.93 bits per heavy atom. The predicted octanol–water partition coefficient (Wildman–Crippen LogP) is 2.13. The van der Waals surface area contributed by atoms with Gasteiger partial charge in [0, 0.05) is 16.8 Å². The second-order valence-electron chi connectivity index (χ2n) is 3.55. The number of amides is 1. The zero-order chi connectivity index (χ0) is 11.1. The Morgan fingerprint density at radius 2 is 2.33 bits per heavy atom. The van der Waals surface area contributed by atoms with E-state index >= 15 is 0 Å². The third-order valence-electron chi connectivity index (χ3n) is 2.19. The molecule has 1 aromatic heterocycles. The van der Waals surface area contributed by atoms with E-state index in [0.717, 1.165) is 13.1 Å². The largest absolute Gasteiger partial charge is 0.366 e. The molecule has 1 aromatic rings. The van der Waals surface area contributed by atoms with Gasteiger partial charge in [-0.15, -0.1) is 11.3 Å². The number of thiophene rings is 1. The average Bonchev–Trinajstić information content (AvgIpc) is 2.66.